The minimum absolute atomic E-state index is 0.0456. The fraction of sp³-hybridized carbons (Fsp3) is 0.583. The van der Waals surface area contributed by atoms with Gasteiger partial charge in [0.25, 0.3) is 9.05 Å². The fourth-order valence-corrected chi connectivity index (χ4v) is 2.42. The molecule has 0 saturated carbocycles. The molecular weight excluding hydrogens is 292 g/mol. The maximum atomic E-state index is 11.7. The summed E-state index contributed by atoms with van der Waals surface area (Å²) in [5.74, 6) is -0.790. The van der Waals surface area contributed by atoms with E-state index in [1.807, 2.05) is 20.8 Å². The van der Waals surface area contributed by atoms with E-state index in [0.29, 0.717) is 6.42 Å². The highest BCUT2D eigenvalue weighted by Gasteiger charge is 2.23. The zero-order valence-corrected chi connectivity index (χ0v) is 12.9. The molecule has 0 saturated heterocycles. The number of halogens is 1. The van der Waals surface area contributed by atoms with Crippen LogP contribution in [0.15, 0.2) is 15.4 Å². The molecule has 0 aromatic carbocycles. The Hall–Kier alpha value is -1.01. The minimum Gasteiger partial charge on any atom is -0.460 e. The Morgan fingerprint density at radius 2 is 2.00 bits per heavy atom. The quantitative estimate of drug-likeness (QED) is 0.631. The van der Waals surface area contributed by atoms with E-state index < -0.39 is 15.0 Å². The molecule has 0 amide bonds. The van der Waals surface area contributed by atoms with Crippen LogP contribution < -0.4 is 0 Å². The van der Waals surface area contributed by atoms with Crippen LogP contribution in [-0.2, 0) is 13.8 Å². The second kappa shape index (κ2) is 5.54. The van der Waals surface area contributed by atoms with Crippen molar-refractivity contribution in [3.05, 3.63) is 17.6 Å². The van der Waals surface area contributed by atoms with Gasteiger partial charge in [0.1, 0.15) is 10.7 Å². The maximum Gasteiger partial charge on any atom is 0.374 e. The van der Waals surface area contributed by atoms with Crippen molar-refractivity contribution in [3.8, 4) is 0 Å². The van der Waals surface area contributed by atoms with Crippen molar-refractivity contribution in [2.75, 3.05) is 6.61 Å². The number of carbonyl (C=O) groups is 1. The van der Waals surface area contributed by atoms with Crippen LogP contribution in [0.25, 0.3) is 0 Å². The van der Waals surface area contributed by atoms with E-state index in [0.717, 1.165) is 6.07 Å². The summed E-state index contributed by atoms with van der Waals surface area (Å²) >= 11 is 0. The first-order chi connectivity index (χ1) is 8.50. The normalized spacial score (nSPS) is 12.5. The Balaban J connectivity index is 2.74. The zero-order valence-electron chi connectivity index (χ0n) is 11.3. The predicted octanol–water partition coefficient (Wildman–Crippen LogP) is 3.11. The minimum atomic E-state index is -3.92. The highest BCUT2D eigenvalue weighted by Crippen LogP contribution is 2.24. The first-order valence-electron chi connectivity index (χ1n) is 5.73. The van der Waals surface area contributed by atoms with E-state index in [1.54, 1.807) is 0 Å². The molecule has 1 aromatic heterocycles. The molecule has 7 heteroatoms. The van der Waals surface area contributed by atoms with E-state index >= 15 is 0 Å². The van der Waals surface area contributed by atoms with E-state index in [-0.39, 0.29) is 28.4 Å². The number of hydrogen-bond acceptors (Lipinski definition) is 5. The van der Waals surface area contributed by atoms with Crippen molar-refractivity contribution >= 4 is 25.7 Å². The summed E-state index contributed by atoms with van der Waals surface area (Å²) in [6, 6.07) is 1.08. The van der Waals surface area contributed by atoms with Crippen LogP contribution in [0.1, 0.15) is 43.5 Å². The summed E-state index contributed by atoms with van der Waals surface area (Å²) in [6.45, 7) is 7.73. The van der Waals surface area contributed by atoms with Crippen LogP contribution in [-0.4, -0.2) is 21.0 Å². The smallest absolute Gasteiger partial charge is 0.374 e. The van der Waals surface area contributed by atoms with E-state index in [9.17, 15) is 13.2 Å². The number of hydrogen-bond donors (Lipinski definition) is 0. The van der Waals surface area contributed by atoms with Gasteiger partial charge >= 0.3 is 5.97 Å². The summed E-state index contributed by atoms with van der Waals surface area (Å²) < 4.78 is 32.4. The lowest BCUT2D eigenvalue weighted by molar-refractivity contribution is 0.0427. The van der Waals surface area contributed by atoms with Crippen molar-refractivity contribution in [3.63, 3.8) is 0 Å². The summed E-state index contributed by atoms with van der Waals surface area (Å²) in [4.78, 5) is 11.5. The fourth-order valence-electron chi connectivity index (χ4n) is 1.33. The van der Waals surface area contributed by atoms with Crippen molar-refractivity contribution in [1.82, 2.24) is 0 Å². The monoisotopic (exact) mass is 308 g/mol. The molecule has 0 bridgehead atoms. The Morgan fingerprint density at radius 1 is 1.42 bits per heavy atom. The number of ether oxygens (including phenoxy) is 1. The van der Waals surface area contributed by atoms with Gasteiger partial charge in [-0.25, -0.2) is 13.2 Å². The van der Waals surface area contributed by atoms with Crippen LogP contribution in [0.5, 0.6) is 0 Å². The third kappa shape index (κ3) is 4.87. The van der Waals surface area contributed by atoms with Gasteiger partial charge in [0, 0.05) is 16.7 Å². The van der Waals surface area contributed by atoms with E-state index in [1.165, 1.54) is 6.92 Å². The van der Waals surface area contributed by atoms with Crippen molar-refractivity contribution in [1.29, 1.82) is 0 Å². The molecule has 0 unspecified atom stereocenters. The van der Waals surface area contributed by atoms with E-state index in [4.69, 9.17) is 19.8 Å². The Morgan fingerprint density at radius 3 is 2.42 bits per heavy atom. The molecule has 5 nitrogen and oxygen atoms in total. The van der Waals surface area contributed by atoms with Gasteiger partial charge in [-0.05, 0) is 18.8 Å². The average Bonchev–Trinajstić information content (AvgIpc) is 2.57. The number of esters is 1. The highest BCUT2D eigenvalue weighted by atomic mass is 35.7. The van der Waals surface area contributed by atoms with Gasteiger partial charge in [0.15, 0.2) is 0 Å². The molecule has 1 heterocycles. The molecule has 1 rings (SSSR count). The molecule has 0 radical (unpaired) electrons. The molecule has 0 aliphatic rings. The first-order valence-corrected chi connectivity index (χ1v) is 8.04. The van der Waals surface area contributed by atoms with Gasteiger partial charge in [0.2, 0.25) is 5.76 Å². The van der Waals surface area contributed by atoms with Crippen LogP contribution in [0.2, 0.25) is 0 Å². The van der Waals surface area contributed by atoms with Gasteiger partial charge in [-0.15, -0.1) is 0 Å². The lowest BCUT2D eigenvalue weighted by atomic mass is 9.93. The zero-order chi connectivity index (χ0) is 14.8. The second-order valence-corrected chi connectivity index (χ2v) is 7.95. The van der Waals surface area contributed by atoms with Crippen LogP contribution in [0.4, 0.5) is 0 Å². The van der Waals surface area contributed by atoms with Gasteiger partial charge in [0.05, 0.1) is 6.61 Å². The van der Waals surface area contributed by atoms with Crippen LogP contribution in [0, 0.1) is 12.3 Å². The molecule has 0 aliphatic carbocycles. The van der Waals surface area contributed by atoms with Crippen LogP contribution in [0.3, 0.4) is 0 Å². The van der Waals surface area contributed by atoms with Crippen molar-refractivity contribution < 1.29 is 22.4 Å². The molecule has 19 heavy (non-hydrogen) atoms. The molecule has 0 fully saturated rings. The van der Waals surface area contributed by atoms with Gasteiger partial charge in [-0.2, -0.15) is 0 Å². The van der Waals surface area contributed by atoms with Crippen molar-refractivity contribution in [2.24, 2.45) is 5.41 Å². The largest absolute Gasteiger partial charge is 0.460 e. The number of rotatable bonds is 4. The molecule has 0 spiro atoms. The number of aryl methyl sites for hydroxylation is 1. The van der Waals surface area contributed by atoms with Gasteiger partial charge < -0.3 is 9.15 Å². The maximum absolute atomic E-state index is 11.7. The summed E-state index contributed by atoms with van der Waals surface area (Å²) in [6.07, 6.45) is 0.694. The third-order valence-electron chi connectivity index (χ3n) is 2.42. The Bertz CT molecular complexity index is 565. The number of furan rings is 1. The molecule has 0 aliphatic heterocycles. The van der Waals surface area contributed by atoms with Crippen LogP contribution >= 0.6 is 10.7 Å². The molecule has 0 N–H and O–H groups in total. The van der Waals surface area contributed by atoms with Gasteiger partial charge in [-0.1, -0.05) is 20.8 Å². The standard InChI is InChI=1S/C12H17ClO5S/c1-8-10(19(13,15)16)7-9(18-8)11(14)17-6-5-12(2,3)4/h7H,5-6H2,1-4H3. The Kier molecular flexibility index (Phi) is 4.68. The summed E-state index contributed by atoms with van der Waals surface area (Å²) in [5, 5.41) is 0. The SMILES string of the molecule is Cc1oc(C(=O)OCCC(C)(C)C)cc1S(=O)(=O)Cl. The van der Waals surface area contributed by atoms with E-state index in [2.05, 4.69) is 0 Å². The predicted molar refractivity (Wildman–Crippen MR) is 70.8 cm³/mol. The average molecular weight is 309 g/mol. The molecular formula is C12H17ClO5S. The molecule has 1 aromatic rings. The summed E-state index contributed by atoms with van der Waals surface area (Å²) in [5.41, 5.74) is 0.0456. The number of carbonyl (C=O) groups excluding carboxylic acids is 1. The summed E-state index contributed by atoms with van der Waals surface area (Å²) in [7, 11) is 1.29. The lowest BCUT2D eigenvalue weighted by Gasteiger charge is -2.17. The van der Waals surface area contributed by atoms with Crippen molar-refractivity contribution in [2.45, 2.75) is 39.0 Å². The second-order valence-electron chi connectivity index (χ2n) is 5.42. The Labute approximate surface area is 117 Å². The van der Waals surface area contributed by atoms with Gasteiger partial charge in [-0.3, -0.25) is 0 Å². The third-order valence-corrected chi connectivity index (χ3v) is 3.85. The lowest BCUT2D eigenvalue weighted by Crippen LogP contribution is -2.12. The first kappa shape index (κ1) is 16.0. The topological polar surface area (TPSA) is 73.6 Å². The molecule has 108 valence electrons. The highest BCUT2D eigenvalue weighted by molar-refractivity contribution is 8.13. The molecule has 0 atom stereocenters.